The van der Waals surface area contributed by atoms with Crippen molar-refractivity contribution in [1.82, 2.24) is 9.88 Å². The van der Waals surface area contributed by atoms with Gasteiger partial charge in [-0.1, -0.05) is 6.42 Å². The van der Waals surface area contributed by atoms with Gasteiger partial charge in [0.25, 0.3) is 5.91 Å². The minimum Gasteiger partial charge on any atom is -0.505 e. The van der Waals surface area contributed by atoms with Crippen molar-refractivity contribution in [3.8, 4) is 5.75 Å². The van der Waals surface area contributed by atoms with Gasteiger partial charge in [0.2, 0.25) is 0 Å². The maximum atomic E-state index is 12.5. The first kappa shape index (κ1) is 13.8. The SMILES string of the molecule is CCN(C(=O)c1ncccc1O)C1CCCC1CN. The fourth-order valence-electron chi connectivity index (χ4n) is 2.93. The normalized spacial score (nSPS) is 22.4. The van der Waals surface area contributed by atoms with E-state index in [1.165, 1.54) is 12.3 Å². The van der Waals surface area contributed by atoms with Crippen LogP contribution in [-0.4, -0.2) is 40.0 Å². The van der Waals surface area contributed by atoms with Gasteiger partial charge in [0.1, 0.15) is 5.75 Å². The lowest BCUT2D eigenvalue weighted by molar-refractivity contribution is 0.0642. The summed E-state index contributed by atoms with van der Waals surface area (Å²) in [5.74, 6) is 0.0916. The number of hydrogen-bond acceptors (Lipinski definition) is 4. The van der Waals surface area contributed by atoms with E-state index >= 15 is 0 Å². The average Bonchev–Trinajstić information content (AvgIpc) is 2.88. The Kier molecular flexibility index (Phi) is 4.37. The summed E-state index contributed by atoms with van der Waals surface area (Å²) in [5.41, 5.74) is 5.91. The number of carbonyl (C=O) groups is 1. The van der Waals surface area contributed by atoms with Gasteiger partial charge in [-0.05, 0) is 44.4 Å². The summed E-state index contributed by atoms with van der Waals surface area (Å²) in [4.78, 5) is 18.3. The summed E-state index contributed by atoms with van der Waals surface area (Å²) in [7, 11) is 0. The summed E-state index contributed by atoms with van der Waals surface area (Å²) in [6, 6.07) is 3.27. The largest absolute Gasteiger partial charge is 0.505 e. The van der Waals surface area contributed by atoms with Crippen molar-refractivity contribution in [2.75, 3.05) is 13.1 Å². The van der Waals surface area contributed by atoms with Crippen LogP contribution in [0.3, 0.4) is 0 Å². The first-order valence-corrected chi connectivity index (χ1v) is 6.84. The molecule has 0 aliphatic heterocycles. The van der Waals surface area contributed by atoms with Gasteiger partial charge in [0.15, 0.2) is 5.69 Å². The molecule has 5 nitrogen and oxygen atoms in total. The van der Waals surface area contributed by atoms with E-state index < -0.39 is 0 Å². The molecule has 2 atom stereocenters. The van der Waals surface area contributed by atoms with Gasteiger partial charge in [0, 0.05) is 18.8 Å². The molecule has 104 valence electrons. The lowest BCUT2D eigenvalue weighted by atomic mass is 10.0. The number of amides is 1. The van der Waals surface area contributed by atoms with Crippen molar-refractivity contribution in [2.45, 2.75) is 32.2 Å². The number of rotatable bonds is 4. The quantitative estimate of drug-likeness (QED) is 0.860. The smallest absolute Gasteiger partial charge is 0.276 e. The van der Waals surface area contributed by atoms with E-state index in [0.717, 1.165) is 19.3 Å². The predicted octanol–water partition coefficient (Wildman–Crippen LogP) is 1.38. The molecule has 0 radical (unpaired) electrons. The summed E-state index contributed by atoms with van der Waals surface area (Å²) >= 11 is 0. The van der Waals surface area contributed by atoms with Crippen LogP contribution < -0.4 is 5.73 Å². The standard InChI is InChI=1S/C14H21N3O2/c1-2-17(11-6-3-5-10(11)9-15)14(19)13-12(18)7-4-8-16-13/h4,7-8,10-11,18H,2-3,5-6,9,15H2,1H3. The lowest BCUT2D eigenvalue weighted by Crippen LogP contribution is -2.44. The molecule has 0 aromatic carbocycles. The number of carbonyl (C=O) groups excluding carboxylic acids is 1. The molecule has 1 fully saturated rings. The van der Waals surface area contributed by atoms with E-state index in [4.69, 9.17) is 5.73 Å². The molecule has 0 bridgehead atoms. The Morgan fingerprint density at radius 3 is 3.00 bits per heavy atom. The van der Waals surface area contributed by atoms with Crippen molar-refractivity contribution in [1.29, 1.82) is 0 Å². The van der Waals surface area contributed by atoms with Crippen LogP contribution in [0.15, 0.2) is 18.3 Å². The zero-order chi connectivity index (χ0) is 13.8. The Hall–Kier alpha value is -1.62. The monoisotopic (exact) mass is 263 g/mol. The number of pyridine rings is 1. The van der Waals surface area contributed by atoms with Gasteiger partial charge in [-0.15, -0.1) is 0 Å². The topological polar surface area (TPSA) is 79.5 Å². The summed E-state index contributed by atoms with van der Waals surface area (Å²) < 4.78 is 0. The highest BCUT2D eigenvalue weighted by Gasteiger charge is 2.34. The molecule has 1 heterocycles. The third-order valence-electron chi connectivity index (χ3n) is 3.91. The Morgan fingerprint density at radius 2 is 2.37 bits per heavy atom. The van der Waals surface area contributed by atoms with Crippen LogP contribution in [0.5, 0.6) is 5.75 Å². The van der Waals surface area contributed by atoms with E-state index in [2.05, 4.69) is 4.98 Å². The van der Waals surface area contributed by atoms with E-state index in [1.807, 2.05) is 6.92 Å². The number of hydrogen-bond donors (Lipinski definition) is 2. The molecule has 0 spiro atoms. The van der Waals surface area contributed by atoms with Crippen LogP contribution in [0, 0.1) is 5.92 Å². The first-order chi connectivity index (χ1) is 9.19. The Balaban J connectivity index is 2.22. The highest BCUT2D eigenvalue weighted by atomic mass is 16.3. The molecule has 1 aromatic heterocycles. The molecular formula is C14H21N3O2. The van der Waals surface area contributed by atoms with Gasteiger partial charge in [-0.25, -0.2) is 4.98 Å². The molecular weight excluding hydrogens is 242 g/mol. The molecule has 1 aliphatic carbocycles. The minimum atomic E-state index is -0.203. The molecule has 0 saturated heterocycles. The average molecular weight is 263 g/mol. The number of nitrogens with zero attached hydrogens (tertiary/aromatic N) is 2. The molecule has 19 heavy (non-hydrogen) atoms. The predicted molar refractivity (Wildman–Crippen MR) is 72.8 cm³/mol. The second kappa shape index (κ2) is 6.02. The third-order valence-corrected chi connectivity index (χ3v) is 3.91. The van der Waals surface area contributed by atoms with Crippen molar-refractivity contribution >= 4 is 5.91 Å². The van der Waals surface area contributed by atoms with Crippen molar-refractivity contribution < 1.29 is 9.90 Å². The number of aromatic nitrogens is 1. The van der Waals surface area contributed by atoms with E-state index in [-0.39, 0.29) is 23.4 Å². The van der Waals surface area contributed by atoms with Gasteiger partial charge in [0.05, 0.1) is 0 Å². The maximum absolute atomic E-state index is 12.5. The van der Waals surface area contributed by atoms with Gasteiger partial charge >= 0.3 is 0 Å². The van der Waals surface area contributed by atoms with Gasteiger partial charge in [-0.3, -0.25) is 4.79 Å². The van der Waals surface area contributed by atoms with Crippen molar-refractivity contribution in [2.24, 2.45) is 11.7 Å². The summed E-state index contributed by atoms with van der Waals surface area (Å²) in [5, 5.41) is 9.76. The molecule has 1 saturated carbocycles. The van der Waals surface area contributed by atoms with Crippen LogP contribution in [0.1, 0.15) is 36.7 Å². The van der Waals surface area contributed by atoms with E-state index in [9.17, 15) is 9.90 Å². The van der Waals surface area contributed by atoms with Crippen molar-refractivity contribution in [3.63, 3.8) is 0 Å². The summed E-state index contributed by atoms with van der Waals surface area (Å²) in [6.45, 7) is 3.16. The second-order valence-corrected chi connectivity index (χ2v) is 4.96. The summed E-state index contributed by atoms with van der Waals surface area (Å²) in [6.07, 6.45) is 4.68. The van der Waals surface area contributed by atoms with Gasteiger partial charge < -0.3 is 15.7 Å². The lowest BCUT2D eigenvalue weighted by Gasteiger charge is -2.31. The van der Waals surface area contributed by atoms with Crippen LogP contribution in [0.4, 0.5) is 0 Å². The minimum absolute atomic E-state index is 0.0618. The third kappa shape index (κ3) is 2.71. The highest BCUT2D eigenvalue weighted by molar-refractivity contribution is 5.95. The van der Waals surface area contributed by atoms with Crippen LogP contribution in [-0.2, 0) is 0 Å². The first-order valence-electron chi connectivity index (χ1n) is 6.84. The molecule has 1 aliphatic rings. The molecule has 1 aromatic rings. The Labute approximate surface area is 113 Å². The molecule has 5 heteroatoms. The van der Waals surface area contributed by atoms with Crippen LogP contribution in [0.2, 0.25) is 0 Å². The molecule has 2 rings (SSSR count). The Bertz CT molecular complexity index is 450. The fourth-order valence-corrected chi connectivity index (χ4v) is 2.93. The number of nitrogens with two attached hydrogens (primary N) is 1. The Morgan fingerprint density at radius 1 is 1.58 bits per heavy atom. The van der Waals surface area contributed by atoms with E-state index in [0.29, 0.717) is 19.0 Å². The molecule has 2 unspecified atom stereocenters. The maximum Gasteiger partial charge on any atom is 0.276 e. The van der Waals surface area contributed by atoms with Crippen LogP contribution in [0.25, 0.3) is 0 Å². The van der Waals surface area contributed by atoms with Crippen molar-refractivity contribution in [3.05, 3.63) is 24.0 Å². The zero-order valence-corrected chi connectivity index (χ0v) is 11.2. The molecule has 3 N–H and O–H groups in total. The van der Waals surface area contributed by atoms with E-state index in [1.54, 1.807) is 11.0 Å². The number of aromatic hydroxyl groups is 1. The van der Waals surface area contributed by atoms with Gasteiger partial charge in [-0.2, -0.15) is 0 Å². The molecule has 1 amide bonds. The highest BCUT2D eigenvalue weighted by Crippen LogP contribution is 2.30. The van der Waals surface area contributed by atoms with Crippen LogP contribution >= 0.6 is 0 Å². The zero-order valence-electron chi connectivity index (χ0n) is 11.2. The second-order valence-electron chi connectivity index (χ2n) is 4.96. The fraction of sp³-hybridized carbons (Fsp3) is 0.571.